The van der Waals surface area contributed by atoms with Crippen LogP contribution in [0, 0.1) is 0 Å². The number of aromatic nitrogens is 2. The van der Waals surface area contributed by atoms with Gasteiger partial charge < -0.3 is 10.1 Å². The van der Waals surface area contributed by atoms with Gasteiger partial charge >= 0.3 is 6.61 Å². The lowest BCUT2D eigenvalue weighted by atomic mass is 10.0. The molecule has 2 rings (SSSR count). The van der Waals surface area contributed by atoms with Crippen molar-refractivity contribution >= 4 is 0 Å². The molecule has 0 aliphatic carbocycles. The minimum atomic E-state index is -2.80. The lowest BCUT2D eigenvalue weighted by molar-refractivity contribution is -0.0498. The zero-order chi connectivity index (χ0) is 14.5. The van der Waals surface area contributed by atoms with Gasteiger partial charge in [0.05, 0.1) is 12.2 Å². The molecule has 0 fully saturated rings. The summed E-state index contributed by atoms with van der Waals surface area (Å²) in [6.45, 7) is -0.00399. The van der Waals surface area contributed by atoms with Crippen molar-refractivity contribution in [2.24, 2.45) is 7.05 Å². The maximum atomic E-state index is 12.1. The van der Waals surface area contributed by atoms with Gasteiger partial charge in [0.2, 0.25) is 0 Å². The summed E-state index contributed by atoms with van der Waals surface area (Å²) in [5.74, 6) is 0.158. The molecule has 0 aliphatic heterocycles. The fourth-order valence-electron chi connectivity index (χ4n) is 2.06. The van der Waals surface area contributed by atoms with Crippen molar-refractivity contribution in [2.45, 2.75) is 19.6 Å². The molecule has 1 aromatic heterocycles. The third kappa shape index (κ3) is 3.54. The van der Waals surface area contributed by atoms with Crippen molar-refractivity contribution in [1.29, 1.82) is 0 Å². The van der Waals surface area contributed by atoms with Gasteiger partial charge in [-0.25, -0.2) is 0 Å². The topological polar surface area (TPSA) is 39.1 Å². The van der Waals surface area contributed by atoms with E-state index in [1.54, 1.807) is 35.1 Å². The van der Waals surface area contributed by atoms with Gasteiger partial charge in [-0.1, -0.05) is 19.1 Å². The van der Waals surface area contributed by atoms with E-state index in [9.17, 15) is 8.78 Å². The lowest BCUT2D eigenvalue weighted by Gasteiger charge is -2.17. The van der Waals surface area contributed by atoms with E-state index in [0.717, 1.165) is 17.7 Å². The monoisotopic (exact) mass is 281 g/mol. The largest absolute Gasteiger partial charge is 0.435 e. The third-order valence-electron chi connectivity index (χ3n) is 2.91. The zero-order valence-electron chi connectivity index (χ0n) is 11.4. The first-order valence-electron chi connectivity index (χ1n) is 6.37. The van der Waals surface area contributed by atoms with Crippen LogP contribution in [0.15, 0.2) is 36.7 Å². The second kappa shape index (κ2) is 6.47. The van der Waals surface area contributed by atoms with Crippen molar-refractivity contribution in [3.63, 3.8) is 0 Å². The number of aryl methyl sites for hydroxylation is 1. The summed E-state index contributed by atoms with van der Waals surface area (Å²) in [5.41, 5.74) is 2.00. The molecule has 0 spiro atoms. The first-order chi connectivity index (χ1) is 9.60. The molecule has 0 amide bonds. The van der Waals surface area contributed by atoms with Gasteiger partial charge in [-0.3, -0.25) is 4.68 Å². The molecular weight excluding hydrogens is 264 g/mol. The van der Waals surface area contributed by atoms with Crippen LogP contribution in [0.25, 0.3) is 0 Å². The van der Waals surface area contributed by atoms with Gasteiger partial charge in [-0.15, -0.1) is 0 Å². The first kappa shape index (κ1) is 14.5. The Kier molecular flexibility index (Phi) is 4.68. The first-order valence-corrected chi connectivity index (χ1v) is 6.37. The standard InChI is InChI=1S/C14H17F2N3O/c1-3-17-13(11-8-18-19(2)9-11)10-4-6-12(7-5-10)20-14(15)16/h4-9,13-14,17H,3H2,1-2H3. The van der Waals surface area contributed by atoms with Crippen molar-refractivity contribution in [3.8, 4) is 5.75 Å². The summed E-state index contributed by atoms with van der Waals surface area (Å²) in [4.78, 5) is 0. The summed E-state index contributed by atoms with van der Waals surface area (Å²) in [6.07, 6.45) is 3.72. The van der Waals surface area contributed by atoms with Gasteiger partial charge in [0, 0.05) is 18.8 Å². The maximum absolute atomic E-state index is 12.1. The van der Waals surface area contributed by atoms with Gasteiger partial charge in [-0.05, 0) is 24.2 Å². The molecule has 1 unspecified atom stereocenters. The number of alkyl halides is 2. The lowest BCUT2D eigenvalue weighted by Crippen LogP contribution is -2.21. The smallest absolute Gasteiger partial charge is 0.387 e. The number of hydrogen-bond donors (Lipinski definition) is 1. The molecule has 0 saturated heterocycles. The van der Waals surface area contributed by atoms with E-state index >= 15 is 0 Å². The SMILES string of the molecule is CCNC(c1ccc(OC(F)F)cc1)c1cnn(C)c1. The average Bonchev–Trinajstić information content (AvgIpc) is 2.83. The number of nitrogens with one attached hydrogen (secondary N) is 1. The fourth-order valence-corrected chi connectivity index (χ4v) is 2.06. The van der Waals surface area contributed by atoms with Gasteiger partial charge in [-0.2, -0.15) is 13.9 Å². The molecule has 0 radical (unpaired) electrons. The quantitative estimate of drug-likeness (QED) is 0.885. The molecule has 4 nitrogen and oxygen atoms in total. The molecule has 1 aromatic carbocycles. The number of ether oxygens (including phenoxy) is 1. The Balaban J connectivity index is 2.21. The zero-order valence-corrected chi connectivity index (χ0v) is 11.4. The Morgan fingerprint density at radius 3 is 2.45 bits per heavy atom. The van der Waals surface area contributed by atoms with Crippen LogP contribution in [0.1, 0.15) is 24.1 Å². The predicted octanol–water partition coefficient (Wildman–Crippen LogP) is 2.72. The molecule has 2 aromatic rings. The van der Waals surface area contributed by atoms with Crippen molar-refractivity contribution in [1.82, 2.24) is 15.1 Å². The van der Waals surface area contributed by atoms with E-state index in [0.29, 0.717) is 0 Å². The minimum absolute atomic E-state index is 0.0192. The average molecular weight is 281 g/mol. The Morgan fingerprint density at radius 1 is 1.25 bits per heavy atom. The summed E-state index contributed by atoms with van der Waals surface area (Å²) >= 11 is 0. The van der Waals surface area contributed by atoms with Crippen LogP contribution in [0.2, 0.25) is 0 Å². The number of halogens is 2. The molecular formula is C14H17F2N3O. The highest BCUT2D eigenvalue weighted by Crippen LogP contribution is 2.24. The second-order valence-corrected chi connectivity index (χ2v) is 4.39. The molecule has 0 saturated carbocycles. The van der Waals surface area contributed by atoms with Crippen molar-refractivity contribution in [2.75, 3.05) is 6.54 Å². The predicted molar refractivity (Wildman–Crippen MR) is 71.8 cm³/mol. The summed E-state index contributed by atoms with van der Waals surface area (Å²) in [6, 6.07) is 6.62. The molecule has 1 N–H and O–H groups in total. The fraction of sp³-hybridized carbons (Fsp3) is 0.357. The molecule has 0 aliphatic rings. The Morgan fingerprint density at radius 2 is 1.95 bits per heavy atom. The Bertz CT molecular complexity index is 540. The molecule has 0 bridgehead atoms. The number of hydrogen-bond acceptors (Lipinski definition) is 3. The number of nitrogens with zero attached hydrogens (tertiary/aromatic N) is 2. The van der Waals surface area contributed by atoms with Crippen LogP contribution in [0.5, 0.6) is 5.75 Å². The second-order valence-electron chi connectivity index (χ2n) is 4.39. The molecule has 1 heterocycles. The molecule has 6 heteroatoms. The van der Waals surface area contributed by atoms with E-state index in [4.69, 9.17) is 0 Å². The molecule has 108 valence electrons. The van der Waals surface area contributed by atoms with E-state index in [2.05, 4.69) is 15.2 Å². The van der Waals surface area contributed by atoms with E-state index in [1.807, 2.05) is 20.2 Å². The molecule has 20 heavy (non-hydrogen) atoms. The summed E-state index contributed by atoms with van der Waals surface area (Å²) in [5, 5.41) is 7.50. The van der Waals surface area contributed by atoms with Gasteiger partial charge in [0.1, 0.15) is 5.75 Å². The number of benzene rings is 1. The van der Waals surface area contributed by atoms with Gasteiger partial charge in [0.15, 0.2) is 0 Å². The van der Waals surface area contributed by atoms with E-state index in [1.165, 1.54) is 0 Å². The van der Waals surface area contributed by atoms with Crippen molar-refractivity contribution < 1.29 is 13.5 Å². The number of rotatable bonds is 6. The van der Waals surface area contributed by atoms with Crippen LogP contribution in [0.4, 0.5) is 8.78 Å². The third-order valence-corrected chi connectivity index (χ3v) is 2.91. The summed E-state index contributed by atoms with van der Waals surface area (Å²) < 4.78 is 30.3. The maximum Gasteiger partial charge on any atom is 0.387 e. The normalized spacial score (nSPS) is 12.7. The highest BCUT2D eigenvalue weighted by atomic mass is 19.3. The van der Waals surface area contributed by atoms with Gasteiger partial charge in [0.25, 0.3) is 0 Å². The van der Waals surface area contributed by atoms with Crippen LogP contribution in [-0.4, -0.2) is 22.9 Å². The molecule has 1 atom stereocenters. The van der Waals surface area contributed by atoms with Crippen LogP contribution in [-0.2, 0) is 7.05 Å². The Labute approximate surface area is 116 Å². The minimum Gasteiger partial charge on any atom is -0.435 e. The van der Waals surface area contributed by atoms with E-state index in [-0.39, 0.29) is 11.8 Å². The highest BCUT2D eigenvalue weighted by Gasteiger charge is 2.15. The summed E-state index contributed by atoms with van der Waals surface area (Å²) in [7, 11) is 1.85. The van der Waals surface area contributed by atoms with Crippen LogP contribution < -0.4 is 10.1 Å². The van der Waals surface area contributed by atoms with Crippen LogP contribution >= 0.6 is 0 Å². The van der Waals surface area contributed by atoms with Crippen LogP contribution in [0.3, 0.4) is 0 Å². The highest BCUT2D eigenvalue weighted by molar-refractivity contribution is 5.34. The van der Waals surface area contributed by atoms with Crippen molar-refractivity contribution in [3.05, 3.63) is 47.8 Å². The Hall–Kier alpha value is -1.95. The van der Waals surface area contributed by atoms with E-state index < -0.39 is 6.61 Å².